The van der Waals surface area contributed by atoms with Crippen molar-refractivity contribution in [2.75, 3.05) is 20.3 Å². The molecule has 5 nitrogen and oxygen atoms in total. The van der Waals surface area contributed by atoms with E-state index in [4.69, 9.17) is 15.9 Å². The summed E-state index contributed by atoms with van der Waals surface area (Å²) in [7, 11) is 1.59. The summed E-state index contributed by atoms with van der Waals surface area (Å²) < 4.78 is 5.30. The smallest absolute Gasteiger partial charge is 0.130 e. The highest BCUT2D eigenvalue weighted by atomic mass is 16.5. The molecule has 0 bridgehead atoms. The molecule has 110 valence electrons. The first-order chi connectivity index (χ1) is 9.65. The number of hydrogen-bond acceptors (Lipinski definition) is 4. The number of nitrogens with one attached hydrogen (secondary N) is 1. The fourth-order valence-corrected chi connectivity index (χ4v) is 2.77. The molecule has 0 saturated carbocycles. The Hall–Kier alpha value is -1.59. The minimum Gasteiger partial charge on any atom is -0.496 e. The molecule has 5 heteroatoms. The summed E-state index contributed by atoms with van der Waals surface area (Å²) in [5.74, 6) is 0.646. The van der Waals surface area contributed by atoms with Gasteiger partial charge in [-0.15, -0.1) is 0 Å². The largest absolute Gasteiger partial charge is 0.496 e. The molecule has 1 atom stereocenters. The zero-order valence-corrected chi connectivity index (χ0v) is 11.9. The fourth-order valence-electron chi connectivity index (χ4n) is 2.77. The predicted molar refractivity (Wildman–Crippen MR) is 79.1 cm³/mol. The van der Waals surface area contributed by atoms with E-state index in [1.807, 2.05) is 18.2 Å². The van der Waals surface area contributed by atoms with Crippen molar-refractivity contribution in [2.45, 2.75) is 31.8 Å². The molecule has 2 rings (SSSR count). The van der Waals surface area contributed by atoms with E-state index in [-0.39, 0.29) is 18.5 Å². The van der Waals surface area contributed by atoms with Gasteiger partial charge >= 0.3 is 0 Å². The lowest BCUT2D eigenvalue weighted by Gasteiger charge is -2.34. The lowest BCUT2D eigenvalue weighted by molar-refractivity contribution is 0.0841. The second-order valence-electron chi connectivity index (χ2n) is 5.25. The number of nitrogens with two attached hydrogens (primary N) is 1. The van der Waals surface area contributed by atoms with Gasteiger partial charge in [0.1, 0.15) is 11.6 Å². The molecule has 0 radical (unpaired) electrons. The van der Waals surface area contributed by atoms with Gasteiger partial charge in [-0.2, -0.15) is 0 Å². The van der Waals surface area contributed by atoms with Crippen LogP contribution in [0.1, 0.15) is 30.4 Å². The van der Waals surface area contributed by atoms with Crippen LogP contribution in [-0.2, 0) is 6.54 Å². The van der Waals surface area contributed by atoms with Crippen molar-refractivity contribution < 1.29 is 9.84 Å². The van der Waals surface area contributed by atoms with Crippen molar-refractivity contribution in [2.24, 2.45) is 5.73 Å². The molecule has 1 aliphatic heterocycles. The summed E-state index contributed by atoms with van der Waals surface area (Å²) in [6, 6.07) is 5.98. The Bertz CT molecular complexity index is 476. The van der Waals surface area contributed by atoms with Gasteiger partial charge in [0, 0.05) is 12.6 Å². The van der Waals surface area contributed by atoms with Crippen LogP contribution in [0.15, 0.2) is 18.2 Å². The summed E-state index contributed by atoms with van der Waals surface area (Å²) in [5.41, 5.74) is 7.26. The Labute approximate surface area is 119 Å². The van der Waals surface area contributed by atoms with Gasteiger partial charge < -0.3 is 15.6 Å². The number of piperidine rings is 1. The zero-order chi connectivity index (χ0) is 14.5. The van der Waals surface area contributed by atoms with E-state index >= 15 is 0 Å². The third-order valence-electron chi connectivity index (χ3n) is 3.90. The van der Waals surface area contributed by atoms with Gasteiger partial charge in [0.05, 0.1) is 19.3 Å². The molecule has 4 N–H and O–H groups in total. The molecule has 0 aromatic heterocycles. The molecule has 1 aromatic rings. The van der Waals surface area contributed by atoms with Crippen molar-refractivity contribution in [1.82, 2.24) is 4.90 Å². The molecule has 0 aliphatic carbocycles. The van der Waals surface area contributed by atoms with Crippen molar-refractivity contribution in [1.29, 1.82) is 5.41 Å². The second-order valence-corrected chi connectivity index (χ2v) is 5.25. The first kappa shape index (κ1) is 14.8. The summed E-state index contributed by atoms with van der Waals surface area (Å²) in [5, 5.41) is 17.0. The van der Waals surface area contributed by atoms with Gasteiger partial charge in [-0.1, -0.05) is 12.5 Å². The molecule has 20 heavy (non-hydrogen) atoms. The van der Waals surface area contributed by atoms with Crippen LogP contribution in [0.3, 0.4) is 0 Å². The van der Waals surface area contributed by atoms with Crippen LogP contribution >= 0.6 is 0 Å². The van der Waals surface area contributed by atoms with Crippen LogP contribution in [-0.4, -0.2) is 42.1 Å². The van der Waals surface area contributed by atoms with Crippen molar-refractivity contribution in [3.63, 3.8) is 0 Å². The first-order valence-corrected chi connectivity index (χ1v) is 7.02. The van der Waals surface area contributed by atoms with Crippen molar-refractivity contribution >= 4 is 5.84 Å². The zero-order valence-electron chi connectivity index (χ0n) is 11.9. The lowest BCUT2D eigenvalue weighted by Crippen LogP contribution is -2.41. The van der Waals surface area contributed by atoms with E-state index in [0.29, 0.717) is 11.3 Å². The Morgan fingerprint density at radius 1 is 1.50 bits per heavy atom. The molecule has 0 amide bonds. The molecule has 1 aromatic carbocycles. The summed E-state index contributed by atoms with van der Waals surface area (Å²) in [6.07, 6.45) is 3.42. The molecule has 1 unspecified atom stereocenters. The summed E-state index contributed by atoms with van der Waals surface area (Å²) in [4.78, 5) is 2.31. The van der Waals surface area contributed by atoms with Gasteiger partial charge in [-0.3, -0.25) is 10.3 Å². The lowest BCUT2D eigenvalue weighted by atomic mass is 10.0. The number of aliphatic hydroxyl groups excluding tert-OH is 1. The molecule has 1 fully saturated rings. The summed E-state index contributed by atoms with van der Waals surface area (Å²) >= 11 is 0. The number of amidine groups is 1. The topological polar surface area (TPSA) is 82.6 Å². The van der Waals surface area contributed by atoms with Crippen LogP contribution in [0, 0.1) is 5.41 Å². The number of methoxy groups -OCH3 is 1. The second kappa shape index (κ2) is 6.72. The molecule has 0 spiro atoms. The van der Waals surface area contributed by atoms with Crippen LogP contribution in [0.25, 0.3) is 0 Å². The molecule has 1 saturated heterocycles. The third-order valence-corrected chi connectivity index (χ3v) is 3.90. The third kappa shape index (κ3) is 3.29. The first-order valence-electron chi connectivity index (χ1n) is 7.02. The van der Waals surface area contributed by atoms with Gasteiger partial charge in [-0.25, -0.2) is 0 Å². The van der Waals surface area contributed by atoms with Crippen LogP contribution < -0.4 is 10.5 Å². The van der Waals surface area contributed by atoms with E-state index < -0.39 is 0 Å². The molecular formula is C15H23N3O2. The highest BCUT2D eigenvalue weighted by Gasteiger charge is 2.21. The number of nitrogens with zero attached hydrogens (tertiary/aromatic N) is 1. The number of rotatable bonds is 5. The highest BCUT2D eigenvalue weighted by Crippen LogP contribution is 2.23. The van der Waals surface area contributed by atoms with Gasteiger partial charge in [0.2, 0.25) is 0 Å². The average Bonchev–Trinajstić information content (AvgIpc) is 2.47. The average molecular weight is 277 g/mol. The van der Waals surface area contributed by atoms with Crippen molar-refractivity contribution in [3.05, 3.63) is 29.3 Å². The molecular weight excluding hydrogens is 254 g/mol. The maximum absolute atomic E-state index is 9.45. The van der Waals surface area contributed by atoms with Gasteiger partial charge in [0.25, 0.3) is 0 Å². The Balaban J connectivity index is 2.14. The molecule has 1 aliphatic rings. The maximum atomic E-state index is 9.45. The number of likely N-dealkylation sites (tertiary alicyclic amines) is 1. The monoisotopic (exact) mass is 277 g/mol. The Kier molecular flexibility index (Phi) is 4.98. The maximum Gasteiger partial charge on any atom is 0.130 e. The number of hydrogen-bond donors (Lipinski definition) is 3. The van der Waals surface area contributed by atoms with Crippen molar-refractivity contribution in [3.8, 4) is 5.75 Å². The normalized spacial score (nSPS) is 19.8. The highest BCUT2D eigenvalue weighted by molar-refractivity contribution is 5.97. The van der Waals surface area contributed by atoms with E-state index in [1.54, 1.807) is 7.11 Å². The van der Waals surface area contributed by atoms with E-state index in [2.05, 4.69) is 4.90 Å². The predicted octanol–water partition coefficient (Wildman–Crippen LogP) is 1.33. The van der Waals surface area contributed by atoms with E-state index in [9.17, 15) is 5.11 Å². The van der Waals surface area contributed by atoms with Crippen LogP contribution in [0.5, 0.6) is 5.75 Å². The van der Waals surface area contributed by atoms with Gasteiger partial charge in [0.15, 0.2) is 0 Å². The van der Waals surface area contributed by atoms with Gasteiger partial charge in [-0.05, 0) is 37.1 Å². The number of benzene rings is 1. The number of aliphatic hydroxyl groups is 1. The molecule has 1 heterocycles. The number of ether oxygens (including phenoxy) is 1. The quantitative estimate of drug-likeness (QED) is 0.560. The minimum absolute atomic E-state index is 0.0135. The van der Waals surface area contributed by atoms with Crippen LogP contribution in [0.2, 0.25) is 0 Å². The SMILES string of the molecule is COc1cc(CN2CCCCC2CO)ccc1C(=N)N. The van der Waals surface area contributed by atoms with E-state index in [1.165, 1.54) is 12.8 Å². The standard InChI is InChI=1S/C15H23N3O2/c1-20-14-8-11(5-6-13(14)15(16)17)9-18-7-3-2-4-12(18)10-19/h5-6,8,12,19H,2-4,7,9-10H2,1H3,(H3,16,17). The van der Waals surface area contributed by atoms with Crippen LogP contribution in [0.4, 0.5) is 0 Å². The fraction of sp³-hybridized carbons (Fsp3) is 0.533. The Morgan fingerprint density at radius 3 is 2.95 bits per heavy atom. The Morgan fingerprint density at radius 2 is 2.30 bits per heavy atom. The summed E-state index contributed by atoms with van der Waals surface area (Å²) in [6.45, 7) is 2.02. The van der Waals surface area contributed by atoms with E-state index in [0.717, 1.165) is 25.1 Å². The number of nitrogen functional groups attached to an aromatic ring is 1. The minimum atomic E-state index is 0.0135.